The van der Waals surface area contributed by atoms with E-state index in [2.05, 4.69) is 11.7 Å². The van der Waals surface area contributed by atoms with Crippen LogP contribution in [0.2, 0.25) is 0 Å². The fourth-order valence-corrected chi connectivity index (χ4v) is 1.13. The second-order valence-electron chi connectivity index (χ2n) is 3.30. The summed E-state index contributed by atoms with van der Waals surface area (Å²) in [4.78, 5) is 10.7. The van der Waals surface area contributed by atoms with Crippen LogP contribution < -0.4 is 0 Å². The highest BCUT2D eigenvalue weighted by Crippen LogP contribution is 2.06. The Morgan fingerprint density at radius 2 is 2.14 bits per heavy atom. The zero-order valence-electron chi connectivity index (χ0n) is 9.03. The molecular formula is C11H20O3. The molecule has 1 N–H and O–H groups in total. The van der Waals surface area contributed by atoms with Gasteiger partial charge in [0.2, 0.25) is 0 Å². The Hall–Kier alpha value is -0.830. The summed E-state index contributed by atoms with van der Waals surface area (Å²) in [5.41, 5.74) is 0. The number of unbranched alkanes of at least 4 members (excludes halogenated alkanes) is 3. The first-order valence-corrected chi connectivity index (χ1v) is 5.15. The average Bonchev–Trinajstić information content (AvgIpc) is 2.21. The van der Waals surface area contributed by atoms with Gasteiger partial charge in [0.25, 0.3) is 0 Å². The van der Waals surface area contributed by atoms with Crippen molar-refractivity contribution in [1.82, 2.24) is 0 Å². The normalized spacial score (nSPS) is 13.1. The lowest BCUT2D eigenvalue weighted by molar-refractivity contribution is -0.134. The van der Waals surface area contributed by atoms with Crippen molar-refractivity contribution in [2.24, 2.45) is 0 Å². The highest BCUT2D eigenvalue weighted by Gasteiger charge is 2.00. The molecule has 1 atom stereocenters. The predicted octanol–water partition coefficient (Wildman–Crippen LogP) is 2.05. The molecule has 3 heteroatoms. The molecule has 0 saturated carbocycles. The molecule has 0 amide bonds. The molecule has 0 aliphatic carbocycles. The number of carbonyl (C=O) groups is 1. The van der Waals surface area contributed by atoms with E-state index < -0.39 is 12.1 Å². The number of ether oxygens (including phenoxy) is 1. The molecule has 0 heterocycles. The van der Waals surface area contributed by atoms with Crippen molar-refractivity contribution in [2.45, 2.75) is 45.1 Å². The molecule has 0 aliphatic heterocycles. The van der Waals surface area contributed by atoms with Crippen LogP contribution in [0.3, 0.4) is 0 Å². The summed E-state index contributed by atoms with van der Waals surface area (Å²) in [5.74, 6) is -0.419. The molecule has 0 rings (SSSR count). The highest BCUT2D eigenvalue weighted by molar-refractivity contribution is 5.81. The number of rotatable bonds is 7. The summed E-state index contributed by atoms with van der Waals surface area (Å²) < 4.78 is 4.41. The maximum absolute atomic E-state index is 10.7. The Labute approximate surface area is 85.8 Å². The molecule has 0 aromatic carbocycles. The first-order valence-electron chi connectivity index (χ1n) is 5.15. The second kappa shape index (κ2) is 8.75. The molecule has 0 unspecified atom stereocenters. The van der Waals surface area contributed by atoms with E-state index in [1.807, 2.05) is 0 Å². The van der Waals surface area contributed by atoms with Gasteiger partial charge in [-0.15, -0.1) is 0 Å². The zero-order chi connectivity index (χ0) is 10.8. The van der Waals surface area contributed by atoms with Crippen LogP contribution in [-0.4, -0.2) is 24.3 Å². The summed E-state index contributed by atoms with van der Waals surface area (Å²) in [6.45, 7) is 2.15. The molecule has 3 nitrogen and oxygen atoms in total. The molecule has 0 saturated heterocycles. The topological polar surface area (TPSA) is 46.5 Å². The molecule has 0 aliphatic rings. The molecular weight excluding hydrogens is 180 g/mol. The van der Waals surface area contributed by atoms with Crippen molar-refractivity contribution < 1.29 is 14.6 Å². The quantitative estimate of drug-likeness (QED) is 0.388. The number of hydrogen-bond donors (Lipinski definition) is 1. The zero-order valence-corrected chi connectivity index (χ0v) is 9.03. The smallest absolute Gasteiger partial charge is 0.330 e. The number of aliphatic hydroxyl groups is 1. The number of hydrogen-bond acceptors (Lipinski definition) is 3. The van der Waals surface area contributed by atoms with Gasteiger partial charge in [-0.05, 0) is 12.5 Å². The van der Waals surface area contributed by atoms with Gasteiger partial charge in [0.1, 0.15) is 0 Å². The predicted molar refractivity (Wildman–Crippen MR) is 55.9 cm³/mol. The Balaban J connectivity index is 3.49. The first-order chi connectivity index (χ1) is 6.70. The van der Waals surface area contributed by atoms with Gasteiger partial charge < -0.3 is 9.84 Å². The standard InChI is InChI=1S/C11H20O3/c1-3-4-5-6-7-10(12)8-9-11(13)14-2/h8-10,12H,3-7H2,1-2H3/b9-8+/t10-/m1/s1. The van der Waals surface area contributed by atoms with Gasteiger partial charge in [-0.25, -0.2) is 4.79 Å². The van der Waals surface area contributed by atoms with E-state index in [0.717, 1.165) is 12.8 Å². The molecule has 0 aromatic heterocycles. The van der Waals surface area contributed by atoms with Crippen LogP contribution in [0.4, 0.5) is 0 Å². The lowest BCUT2D eigenvalue weighted by Crippen LogP contribution is -2.04. The molecule has 0 aromatic rings. The largest absolute Gasteiger partial charge is 0.466 e. The van der Waals surface area contributed by atoms with Crippen LogP contribution in [0, 0.1) is 0 Å². The van der Waals surface area contributed by atoms with Gasteiger partial charge >= 0.3 is 5.97 Å². The molecule has 0 spiro atoms. The number of aliphatic hydroxyl groups excluding tert-OH is 1. The summed E-state index contributed by atoms with van der Waals surface area (Å²) in [6, 6.07) is 0. The molecule has 82 valence electrons. The van der Waals surface area contributed by atoms with Gasteiger partial charge in [-0.3, -0.25) is 0 Å². The summed E-state index contributed by atoms with van der Waals surface area (Å²) in [7, 11) is 1.32. The van der Waals surface area contributed by atoms with Crippen molar-refractivity contribution in [3.05, 3.63) is 12.2 Å². The van der Waals surface area contributed by atoms with Gasteiger partial charge in [0, 0.05) is 6.08 Å². The third-order valence-electron chi connectivity index (χ3n) is 2.01. The highest BCUT2D eigenvalue weighted by atomic mass is 16.5. The Bertz CT molecular complexity index is 175. The van der Waals surface area contributed by atoms with Crippen LogP contribution in [-0.2, 0) is 9.53 Å². The molecule has 0 bridgehead atoms. The molecule has 14 heavy (non-hydrogen) atoms. The van der Waals surface area contributed by atoms with Crippen LogP contribution >= 0.6 is 0 Å². The van der Waals surface area contributed by atoms with Crippen molar-refractivity contribution in [1.29, 1.82) is 0 Å². The van der Waals surface area contributed by atoms with Crippen LogP contribution in [0.1, 0.15) is 39.0 Å². The minimum absolute atomic E-state index is 0.419. The molecule has 0 radical (unpaired) electrons. The third kappa shape index (κ3) is 7.80. The van der Waals surface area contributed by atoms with E-state index in [4.69, 9.17) is 0 Å². The third-order valence-corrected chi connectivity index (χ3v) is 2.01. The fourth-order valence-electron chi connectivity index (χ4n) is 1.13. The fraction of sp³-hybridized carbons (Fsp3) is 0.727. The van der Waals surface area contributed by atoms with E-state index in [9.17, 15) is 9.90 Å². The minimum atomic E-state index is -0.522. The van der Waals surface area contributed by atoms with Gasteiger partial charge in [-0.1, -0.05) is 32.6 Å². The first kappa shape index (κ1) is 13.2. The summed E-state index contributed by atoms with van der Waals surface area (Å²) in [5, 5.41) is 9.40. The maximum atomic E-state index is 10.7. The van der Waals surface area contributed by atoms with E-state index in [-0.39, 0.29) is 0 Å². The van der Waals surface area contributed by atoms with E-state index in [0.29, 0.717) is 6.42 Å². The van der Waals surface area contributed by atoms with Crippen molar-refractivity contribution in [3.8, 4) is 0 Å². The van der Waals surface area contributed by atoms with Crippen molar-refractivity contribution in [3.63, 3.8) is 0 Å². The summed E-state index contributed by atoms with van der Waals surface area (Å²) in [6.07, 6.45) is 7.48. The van der Waals surface area contributed by atoms with Crippen LogP contribution in [0.25, 0.3) is 0 Å². The van der Waals surface area contributed by atoms with E-state index >= 15 is 0 Å². The van der Waals surface area contributed by atoms with Gasteiger partial charge in [-0.2, -0.15) is 0 Å². The second-order valence-corrected chi connectivity index (χ2v) is 3.30. The number of carbonyl (C=O) groups excluding carboxylic acids is 1. The van der Waals surface area contributed by atoms with Crippen LogP contribution in [0.5, 0.6) is 0 Å². The van der Waals surface area contributed by atoms with Crippen LogP contribution in [0.15, 0.2) is 12.2 Å². The van der Waals surface area contributed by atoms with Crippen molar-refractivity contribution in [2.75, 3.05) is 7.11 Å². The molecule has 0 fully saturated rings. The monoisotopic (exact) mass is 200 g/mol. The summed E-state index contributed by atoms with van der Waals surface area (Å²) >= 11 is 0. The Morgan fingerprint density at radius 1 is 1.43 bits per heavy atom. The number of esters is 1. The maximum Gasteiger partial charge on any atom is 0.330 e. The van der Waals surface area contributed by atoms with Gasteiger partial charge in [0.15, 0.2) is 0 Å². The SMILES string of the molecule is CCCCCC[C@@H](O)/C=C/C(=O)OC. The minimum Gasteiger partial charge on any atom is -0.466 e. The lowest BCUT2D eigenvalue weighted by Gasteiger charge is -2.04. The lowest BCUT2D eigenvalue weighted by atomic mass is 10.1. The average molecular weight is 200 g/mol. The number of methoxy groups -OCH3 is 1. The van der Waals surface area contributed by atoms with Crippen molar-refractivity contribution >= 4 is 5.97 Å². The van der Waals surface area contributed by atoms with E-state index in [1.165, 1.54) is 32.1 Å². The Kier molecular flexibility index (Phi) is 8.24. The van der Waals surface area contributed by atoms with E-state index in [1.54, 1.807) is 0 Å². The van der Waals surface area contributed by atoms with Gasteiger partial charge in [0.05, 0.1) is 13.2 Å². The Morgan fingerprint density at radius 3 is 2.71 bits per heavy atom.